The normalized spacial score (nSPS) is 20.5. The van der Waals surface area contributed by atoms with E-state index in [0.29, 0.717) is 17.9 Å². The van der Waals surface area contributed by atoms with Gasteiger partial charge in [0, 0.05) is 42.6 Å². The van der Waals surface area contributed by atoms with Gasteiger partial charge in [0.05, 0.1) is 11.8 Å². The second-order valence-electron chi connectivity index (χ2n) is 7.12. The third-order valence-corrected chi connectivity index (χ3v) is 6.23. The quantitative estimate of drug-likeness (QED) is 0.557. The average Bonchev–Trinajstić information content (AvgIpc) is 3.22. The van der Waals surface area contributed by atoms with E-state index < -0.39 is 0 Å². The number of likely N-dealkylation sites (tertiary alicyclic amines) is 1. The van der Waals surface area contributed by atoms with Gasteiger partial charge in [0.1, 0.15) is 11.8 Å². The molecule has 0 spiro atoms. The van der Waals surface area contributed by atoms with Gasteiger partial charge in [-0.3, -0.25) is 10.00 Å². The lowest BCUT2D eigenvalue weighted by Crippen LogP contribution is -2.24. The highest BCUT2D eigenvalue weighted by Gasteiger charge is 2.31. The average molecular weight is 385 g/mol. The van der Waals surface area contributed by atoms with E-state index in [9.17, 15) is 5.11 Å². The van der Waals surface area contributed by atoms with Crippen molar-refractivity contribution in [1.82, 2.24) is 25.1 Å². The molecular weight excluding hydrogens is 360 g/mol. The molecule has 0 unspecified atom stereocenters. The lowest BCUT2D eigenvalue weighted by Gasteiger charge is -2.15. The van der Waals surface area contributed by atoms with Crippen molar-refractivity contribution in [3.8, 4) is 0 Å². The Morgan fingerprint density at radius 3 is 3.04 bits per heavy atom. The van der Waals surface area contributed by atoms with E-state index in [2.05, 4.69) is 56.3 Å². The summed E-state index contributed by atoms with van der Waals surface area (Å²) in [5.74, 6) is 1.61. The first-order chi connectivity index (χ1) is 13.1. The van der Waals surface area contributed by atoms with Crippen molar-refractivity contribution in [3.05, 3.63) is 41.9 Å². The van der Waals surface area contributed by atoms with Gasteiger partial charge in [-0.15, -0.1) is 11.8 Å². The molecule has 4 rings (SSSR count). The Labute approximate surface area is 162 Å². The molecular formula is C19H24N6OS. The Morgan fingerprint density at radius 1 is 1.30 bits per heavy atom. The Kier molecular flexibility index (Phi) is 5.29. The first-order valence-electron chi connectivity index (χ1n) is 9.13. The molecule has 1 aromatic carbocycles. The molecule has 142 valence electrons. The molecule has 0 saturated carbocycles. The smallest absolute Gasteiger partial charge is 0.155 e. The molecule has 1 aliphatic rings. The minimum atomic E-state index is -0.279. The van der Waals surface area contributed by atoms with Crippen LogP contribution in [0.25, 0.3) is 11.0 Å². The van der Waals surface area contributed by atoms with Crippen LogP contribution in [0.15, 0.2) is 35.5 Å². The molecule has 1 aliphatic heterocycles. The minimum absolute atomic E-state index is 0.279. The summed E-state index contributed by atoms with van der Waals surface area (Å²) < 4.78 is 0. The molecule has 0 aliphatic carbocycles. The van der Waals surface area contributed by atoms with E-state index in [0.717, 1.165) is 36.5 Å². The van der Waals surface area contributed by atoms with E-state index >= 15 is 0 Å². The van der Waals surface area contributed by atoms with Crippen LogP contribution in [0.5, 0.6) is 0 Å². The fourth-order valence-electron chi connectivity index (χ4n) is 3.54. The van der Waals surface area contributed by atoms with Crippen molar-refractivity contribution < 1.29 is 5.11 Å². The number of aromatic amines is 1. The van der Waals surface area contributed by atoms with Crippen LogP contribution in [-0.2, 0) is 6.42 Å². The first-order valence-corrected chi connectivity index (χ1v) is 10.1. The number of nitrogens with two attached hydrogens (primary N) is 1. The number of aromatic nitrogens is 4. The number of aliphatic hydroxyl groups excluding tert-OH is 1. The zero-order valence-electron chi connectivity index (χ0n) is 15.3. The molecule has 3 heterocycles. The molecule has 0 bridgehead atoms. The molecule has 4 N–H and O–H groups in total. The molecule has 7 nitrogen and oxygen atoms in total. The fraction of sp³-hybridized carbons (Fsp3) is 0.421. The fourth-order valence-corrected chi connectivity index (χ4v) is 4.72. The SMILES string of the molecule is Cc1cccc(SC[C@H]2CN(CCc3[nH]nc4c(N)ncnc34)C[C@@H]2O)c1. The molecule has 1 saturated heterocycles. The second-order valence-corrected chi connectivity index (χ2v) is 8.22. The van der Waals surface area contributed by atoms with Crippen molar-refractivity contribution in [2.45, 2.75) is 24.3 Å². The molecule has 0 radical (unpaired) electrons. The highest BCUT2D eigenvalue weighted by molar-refractivity contribution is 7.99. The summed E-state index contributed by atoms with van der Waals surface area (Å²) >= 11 is 1.82. The maximum atomic E-state index is 10.4. The van der Waals surface area contributed by atoms with Crippen LogP contribution in [0.4, 0.5) is 5.82 Å². The molecule has 2 atom stereocenters. The second kappa shape index (κ2) is 7.84. The summed E-state index contributed by atoms with van der Waals surface area (Å²) in [4.78, 5) is 11.8. The number of benzene rings is 1. The zero-order chi connectivity index (χ0) is 18.8. The van der Waals surface area contributed by atoms with Gasteiger partial charge in [-0.25, -0.2) is 9.97 Å². The van der Waals surface area contributed by atoms with Gasteiger partial charge >= 0.3 is 0 Å². The number of nitrogen functional groups attached to an aromatic ring is 1. The van der Waals surface area contributed by atoms with Crippen LogP contribution in [0.2, 0.25) is 0 Å². The van der Waals surface area contributed by atoms with Crippen molar-refractivity contribution in [2.75, 3.05) is 31.1 Å². The number of nitrogens with one attached hydrogen (secondary N) is 1. The molecule has 3 aromatic rings. The van der Waals surface area contributed by atoms with Gasteiger partial charge in [0.25, 0.3) is 0 Å². The molecule has 2 aromatic heterocycles. The predicted molar refractivity (Wildman–Crippen MR) is 108 cm³/mol. The summed E-state index contributed by atoms with van der Waals surface area (Å²) in [5.41, 5.74) is 9.48. The van der Waals surface area contributed by atoms with Gasteiger partial charge in [-0.1, -0.05) is 17.7 Å². The van der Waals surface area contributed by atoms with Gasteiger partial charge in [-0.2, -0.15) is 5.10 Å². The molecule has 8 heteroatoms. The van der Waals surface area contributed by atoms with Crippen LogP contribution in [-0.4, -0.2) is 61.7 Å². The van der Waals surface area contributed by atoms with Crippen molar-refractivity contribution in [1.29, 1.82) is 0 Å². The van der Waals surface area contributed by atoms with Crippen molar-refractivity contribution >= 4 is 28.6 Å². The number of hydrogen-bond donors (Lipinski definition) is 3. The summed E-state index contributed by atoms with van der Waals surface area (Å²) in [6.45, 7) is 4.57. The van der Waals surface area contributed by atoms with E-state index in [1.165, 1.54) is 16.8 Å². The number of aliphatic hydroxyl groups is 1. The summed E-state index contributed by atoms with van der Waals surface area (Å²) in [6.07, 6.45) is 1.98. The maximum Gasteiger partial charge on any atom is 0.155 e. The third-order valence-electron chi connectivity index (χ3n) is 5.05. The van der Waals surface area contributed by atoms with Crippen molar-refractivity contribution in [3.63, 3.8) is 0 Å². The Balaban J connectivity index is 1.32. The lowest BCUT2D eigenvalue weighted by atomic mass is 10.1. The first kappa shape index (κ1) is 18.2. The van der Waals surface area contributed by atoms with Crippen molar-refractivity contribution in [2.24, 2.45) is 5.92 Å². The van der Waals surface area contributed by atoms with Crippen LogP contribution in [0.3, 0.4) is 0 Å². The molecule has 0 amide bonds. The standard InChI is InChI=1S/C19H24N6OS/c1-12-3-2-4-14(7-12)27-10-13-8-25(9-16(13)26)6-5-15-17-18(24-23-15)19(20)22-11-21-17/h2-4,7,11,13,16,26H,5-6,8-10H2,1H3,(H,23,24)(H2,20,21,22)/t13-,16+/m1/s1. The summed E-state index contributed by atoms with van der Waals surface area (Å²) in [7, 11) is 0. The number of aryl methyl sites for hydroxylation is 1. The summed E-state index contributed by atoms with van der Waals surface area (Å²) in [5, 5.41) is 17.7. The number of β-amino-alcohol motifs (C(OH)–C–C–N with tert-alkyl or cyclic N) is 1. The monoisotopic (exact) mass is 384 g/mol. The van der Waals surface area contributed by atoms with Gasteiger partial charge in [0.2, 0.25) is 0 Å². The van der Waals surface area contributed by atoms with E-state index in [4.69, 9.17) is 5.73 Å². The molecule has 27 heavy (non-hydrogen) atoms. The maximum absolute atomic E-state index is 10.4. The predicted octanol–water partition coefficient (Wildman–Crippen LogP) is 1.87. The molecule has 1 fully saturated rings. The van der Waals surface area contributed by atoms with E-state index in [1.807, 2.05) is 11.8 Å². The number of thioether (sulfide) groups is 1. The lowest BCUT2D eigenvalue weighted by molar-refractivity contribution is 0.150. The minimum Gasteiger partial charge on any atom is -0.391 e. The zero-order valence-corrected chi connectivity index (χ0v) is 16.1. The van der Waals surface area contributed by atoms with Crippen LogP contribution in [0.1, 0.15) is 11.3 Å². The highest BCUT2D eigenvalue weighted by atomic mass is 32.2. The largest absolute Gasteiger partial charge is 0.391 e. The Bertz CT molecular complexity index is 929. The Hall–Kier alpha value is -2.16. The highest BCUT2D eigenvalue weighted by Crippen LogP contribution is 2.27. The topological polar surface area (TPSA) is 104 Å². The van der Waals surface area contributed by atoms with Gasteiger partial charge < -0.3 is 10.8 Å². The number of hydrogen-bond acceptors (Lipinski definition) is 7. The third kappa shape index (κ3) is 4.07. The summed E-state index contributed by atoms with van der Waals surface area (Å²) in [6, 6.07) is 8.52. The van der Waals surface area contributed by atoms with E-state index in [1.54, 1.807) is 0 Å². The number of rotatable bonds is 6. The van der Waals surface area contributed by atoms with Crippen LogP contribution >= 0.6 is 11.8 Å². The number of nitrogens with zero attached hydrogens (tertiary/aromatic N) is 4. The van der Waals surface area contributed by atoms with E-state index in [-0.39, 0.29) is 12.0 Å². The van der Waals surface area contributed by atoms with Crippen LogP contribution < -0.4 is 5.73 Å². The van der Waals surface area contributed by atoms with Crippen LogP contribution in [0, 0.1) is 12.8 Å². The van der Waals surface area contributed by atoms with Gasteiger partial charge in [0.15, 0.2) is 11.3 Å². The number of fused-ring (bicyclic) bond motifs is 1. The Morgan fingerprint density at radius 2 is 2.19 bits per heavy atom. The van der Waals surface area contributed by atoms with Gasteiger partial charge in [-0.05, 0) is 19.1 Å². The number of anilines is 1. The number of H-pyrrole nitrogens is 1.